The molecular formula is C17H25N3O3. The van der Waals surface area contributed by atoms with Crippen molar-refractivity contribution in [2.75, 3.05) is 6.54 Å². The molecule has 0 saturated carbocycles. The van der Waals surface area contributed by atoms with Gasteiger partial charge in [-0.3, -0.25) is 9.69 Å². The summed E-state index contributed by atoms with van der Waals surface area (Å²) in [6, 6.07) is 8.81. The van der Waals surface area contributed by atoms with E-state index in [-0.39, 0.29) is 18.6 Å². The smallest absolute Gasteiger partial charge is 0.410 e. The van der Waals surface area contributed by atoms with Gasteiger partial charge < -0.3 is 16.2 Å². The van der Waals surface area contributed by atoms with Crippen LogP contribution in [0.1, 0.15) is 31.7 Å². The quantitative estimate of drug-likeness (QED) is 0.861. The number of hydrogen-bond acceptors (Lipinski definition) is 4. The molecule has 6 heteroatoms. The van der Waals surface area contributed by atoms with Gasteiger partial charge in [0.05, 0.1) is 0 Å². The Morgan fingerprint density at radius 3 is 2.65 bits per heavy atom. The van der Waals surface area contributed by atoms with E-state index >= 15 is 0 Å². The normalized spacial score (nSPS) is 22.4. The number of piperidine rings is 1. The van der Waals surface area contributed by atoms with Crippen LogP contribution in [0.15, 0.2) is 30.3 Å². The molecule has 1 aliphatic rings. The van der Waals surface area contributed by atoms with E-state index in [0.717, 1.165) is 18.4 Å². The van der Waals surface area contributed by atoms with Crippen LogP contribution in [0.3, 0.4) is 0 Å². The zero-order valence-corrected chi connectivity index (χ0v) is 13.5. The summed E-state index contributed by atoms with van der Waals surface area (Å²) in [6.45, 7) is 2.64. The van der Waals surface area contributed by atoms with Gasteiger partial charge in [-0.15, -0.1) is 0 Å². The van der Waals surface area contributed by atoms with Gasteiger partial charge in [0.25, 0.3) is 0 Å². The van der Waals surface area contributed by atoms with E-state index in [1.807, 2.05) is 37.3 Å². The first-order chi connectivity index (χ1) is 11.0. The van der Waals surface area contributed by atoms with E-state index in [9.17, 15) is 9.59 Å². The minimum absolute atomic E-state index is 0.0272. The zero-order valence-electron chi connectivity index (χ0n) is 13.5. The highest BCUT2D eigenvalue weighted by Crippen LogP contribution is 2.26. The Morgan fingerprint density at radius 2 is 2.04 bits per heavy atom. The third kappa shape index (κ3) is 4.45. The number of carbonyl (C=O) groups excluding carboxylic acids is 2. The first-order valence-electron chi connectivity index (χ1n) is 8.05. The maximum absolute atomic E-state index is 12.3. The number of hydrogen-bond donors (Lipinski definition) is 2. The Morgan fingerprint density at radius 1 is 1.35 bits per heavy atom. The monoisotopic (exact) mass is 319 g/mol. The second-order valence-electron chi connectivity index (χ2n) is 6.01. The van der Waals surface area contributed by atoms with Crippen LogP contribution in [0, 0.1) is 5.92 Å². The van der Waals surface area contributed by atoms with E-state index in [2.05, 4.69) is 0 Å². The molecule has 1 aromatic carbocycles. The molecule has 1 fully saturated rings. The molecule has 2 rings (SSSR count). The molecule has 1 aromatic rings. The van der Waals surface area contributed by atoms with Crippen molar-refractivity contribution >= 4 is 12.0 Å². The summed E-state index contributed by atoms with van der Waals surface area (Å²) in [6.07, 6.45) is 1.61. The van der Waals surface area contributed by atoms with Crippen molar-refractivity contribution < 1.29 is 14.3 Å². The van der Waals surface area contributed by atoms with Crippen molar-refractivity contribution in [1.29, 1.82) is 0 Å². The van der Waals surface area contributed by atoms with Crippen molar-refractivity contribution in [3.63, 3.8) is 0 Å². The summed E-state index contributed by atoms with van der Waals surface area (Å²) in [7, 11) is 0. The second kappa shape index (κ2) is 7.97. The maximum Gasteiger partial charge on any atom is 0.410 e. The molecule has 0 radical (unpaired) electrons. The first kappa shape index (κ1) is 17.3. The Balaban J connectivity index is 1.97. The third-order valence-electron chi connectivity index (χ3n) is 4.49. The van der Waals surface area contributed by atoms with Crippen molar-refractivity contribution in [1.82, 2.24) is 4.90 Å². The zero-order chi connectivity index (χ0) is 16.8. The molecule has 1 saturated heterocycles. The SMILES string of the molecule is CC[C@H](N)C1CCN(C(=O)OCc2ccccc2)C(C(N)=O)C1. The highest BCUT2D eigenvalue weighted by molar-refractivity contribution is 5.84. The van der Waals surface area contributed by atoms with E-state index in [0.29, 0.717) is 13.0 Å². The van der Waals surface area contributed by atoms with Gasteiger partial charge in [0.15, 0.2) is 0 Å². The number of rotatable bonds is 5. The minimum Gasteiger partial charge on any atom is -0.445 e. The van der Waals surface area contributed by atoms with Crippen LogP contribution in [0.25, 0.3) is 0 Å². The molecule has 1 aliphatic heterocycles. The van der Waals surface area contributed by atoms with Gasteiger partial charge in [-0.05, 0) is 30.7 Å². The summed E-state index contributed by atoms with van der Waals surface area (Å²) in [5.41, 5.74) is 12.5. The molecule has 0 spiro atoms. The number of nitrogens with zero attached hydrogens (tertiary/aromatic N) is 1. The van der Waals surface area contributed by atoms with E-state index in [4.69, 9.17) is 16.2 Å². The number of nitrogens with two attached hydrogens (primary N) is 2. The largest absolute Gasteiger partial charge is 0.445 e. The van der Waals surface area contributed by atoms with Crippen molar-refractivity contribution in [3.8, 4) is 0 Å². The number of ether oxygens (including phenoxy) is 1. The van der Waals surface area contributed by atoms with Crippen LogP contribution in [0.5, 0.6) is 0 Å². The molecule has 4 N–H and O–H groups in total. The number of primary amides is 1. The summed E-state index contributed by atoms with van der Waals surface area (Å²) >= 11 is 0. The highest BCUT2D eigenvalue weighted by atomic mass is 16.6. The van der Waals surface area contributed by atoms with Gasteiger partial charge in [0.1, 0.15) is 12.6 Å². The molecule has 0 aliphatic carbocycles. The van der Waals surface area contributed by atoms with Crippen LogP contribution >= 0.6 is 0 Å². The van der Waals surface area contributed by atoms with Gasteiger partial charge in [0, 0.05) is 12.6 Å². The topological polar surface area (TPSA) is 98.7 Å². The van der Waals surface area contributed by atoms with Crippen molar-refractivity contribution in [2.24, 2.45) is 17.4 Å². The maximum atomic E-state index is 12.3. The molecule has 0 aromatic heterocycles. The Bertz CT molecular complexity index is 535. The fourth-order valence-corrected chi connectivity index (χ4v) is 3.01. The predicted molar refractivity (Wildman–Crippen MR) is 87.3 cm³/mol. The fraction of sp³-hybridized carbons (Fsp3) is 0.529. The second-order valence-corrected chi connectivity index (χ2v) is 6.01. The van der Waals surface area contributed by atoms with Crippen LogP contribution in [-0.2, 0) is 16.1 Å². The van der Waals surface area contributed by atoms with Gasteiger partial charge in [-0.2, -0.15) is 0 Å². The molecule has 0 bridgehead atoms. The number of amides is 2. The van der Waals surface area contributed by atoms with Crippen LogP contribution in [0.4, 0.5) is 4.79 Å². The number of carbonyl (C=O) groups is 2. The Kier molecular flexibility index (Phi) is 5.98. The molecule has 23 heavy (non-hydrogen) atoms. The van der Waals surface area contributed by atoms with Gasteiger partial charge in [0.2, 0.25) is 5.91 Å². The van der Waals surface area contributed by atoms with E-state index < -0.39 is 18.0 Å². The van der Waals surface area contributed by atoms with Crippen molar-refractivity contribution in [2.45, 2.75) is 44.9 Å². The number of benzene rings is 1. The fourth-order valence-electron chi connectivity index (χ4n) is 3.01. The summed E-state index contributed by atoms with van der Waals surface area (Å²) in [5, 5.41) is 0. The van der Waals surface area contributed by atoms with Gasteiger partial charge in [-0.25, -0.2) is 4.79 Å². The lowest BCUT2D eigenvalue weighted by atomic mass is 9.84. The third-order valence-corrected chi connectivity index (χ3v) is 4.49. The Hall–Kier alpha value is -2.08. The molecule has 2 amide bonds. The first-order valence-corrected chi connectivity index (χ1v) is 8.05. The average molecular weight is 319 g/mol. The molecule has 2 unspecified atom stereocenters. The lowest BCUT2D eigenvalue weighted by Crippen LogP contribution is -2.54. The molecule has 3 atom stereocenters. The van der Waals surface area contributed by atoms with Crippen LogP contribution < -0.4 is 11.5 Å². The summed E-state index contributed by atoms with van der Waals surface area (Å²) in [4.78, 5) is 25.5. The standard InChI is InChI=1S/C17H25N3O3/c1-2-14(18)13-8-9-20(15(10-13)16(19)21)17(22)23-11-12-6-4-3-5-7-12/h3-7,13-15H,2,8-11,18H2,1H3,(H2,19,21)/t13?,14-,15?/m0/s1. The van der Waals surface area contributed by atoms with E-state index in [1.54, 1.807) is 0 Å². The molecular weight excluding hydrogens is 294 g/mol. The summed E-state index contributed by atoms with van der Waals surface area (Å²) in [5.74, 6) is -0.301. The minimum atomic E-state index is -0.644. The number of likely N-dealkylation sites (tertiary alicyclic amines) is 1. The van der Waals surface area contributed by atoms with Crippen LogP contribution in [-0.4, -0.2) is 35.5 Å². The highest BCUT2D eigenvalue weighted by Gasteiger charge is 2.37. The van der Waals surface area contributed by atoms with Crippen molar-refractivity contribution in [3.05, 3.63) is 35.9 Å². The van der Waals surface area contributed by atoms with Gasteiger partial charge >= 0.3 is 6.09 Å². The predicted octanol–water partition coefficient (Wildman–Crippen LogP) is 1.63. The molecule has 1 heterocycles. The van der Waals surface area contributed by atoms with E-state index in [1.165, 1.54) is 4.90 Å². The lowest BCUT2D eigenvalue weighted by Gasteiger charge is -2.38. The summed E-state index contributed by atoms with van der Waals surface area (Å²) < 4.78 is 5.32. The Labute approximate surface area is 136 Å². The molecule has 126 valence electrons. The lowest BCUT2D eigenvalue weighted by molar-refractivity contribution is -0.124. The van der Waals surface area contributed by atoms with Gasteiger partial charge in [-0.1, -0.05) is 37.3 Å². The molecule has 6 nitrogen and oxygen atoms in total. The van der Waals surface area contributed by atoms with Crippen LogP contribution in [0.2, 0.25) is 0 Å². The average Bonchev–Trinajstić information content (AvgIpc) is 2.59.